The first-order chi connectivity index (χ1) is 9.59. The second-order valence-electron chi connectivity index (χ2n) is 5.32. The molecule has 1 aromatic rings. The lowest BCUT2D eigenvalue weighted by atomic mass is 9.72. The van der Waals surface area contributed by atoms with Crippen LogP contribution in [0.3, 0.4) is 0 Å². The Morgan fingerprint density at radius 3 is 2.20 bits per heavy atom. The molecule has 1 aliphatic rings. The third-order valence-corrected chi connectivity index (χ3v) is 3.98. The number of carbonyl (C=O) groups excluding carboxylic acids is 1. The number of nitrogens with zero attached hydrogens (tertiary/aromatic N) is 2. The van der Waals surface area contributed by atoms with Crippen LogP contribution < -0.4 is 0 Å². The highest BCUT2D eigenvalue weighted by Gasteiger charge is 2.36. The molecule has 0 unspecified atom stereocenters. The molecule has 0 aromatic heterocycles. The summed E-state index contributed by atoms with van der Waals surface area (Å²) in [5, 5.41) is 18.9. The van der Waals surface area contributed by atoms with Crippen molar-refractivity contribution in [3.63, 3.8) is 0 Å². The molecule has 1 aromatic carbocycles. The number of hydrogen-bond donors (Lipinski definition) is 0. The molecule has 0 aliphatic heterocycles. The monoisotopic (exact) mass is 270 g/mol. The summed E-state index contributed by atoms with van der Waals surface area (Å²) in [4.78, 5) is 11.2. The maximum Gasteiger partial charge on any atom is 0.168 e. The van der Waals surface area contributed by atoms with Crippen LogP contribution in [0.4, 0.5) is 4.39 Å². The van der Waals surface area contributed by atoms with Gasteiger partial charge in [0.25, 0.3) is 0 Å². The van der Waals surface area contributed by atoms with Crippen LogP contribution in [0.25, 0.3) is 0 Å². The summed E-state index contributed by atoms with van der Waals surface area (Å²) < 4.78 is 13.0. The second-order valence-corrected chi connectivity index (χ2v) is 5.32. The van der Waals surface area contributed by atoms with Crippen LogP contribution in [-0.4, -0.2) is 5.78 Å². The molecular weight excluding hydrogens is 255 g/mol. The van der Waals surface area contributed by atoms with Gasteiger partial charge in [0.2, 0.25) is 0 Å². The summed E-state index contributed by atoms with van der Waals surface area (Å²) in [5.74, 6) is 0.0568. The van der Waals surface area contributed by atoms with Gasteiger partial charge in [-0.2, -0.15) is 10.5 Å². The molecule has 1 aliphatic carbocycles. The smallest absolute Gasteiger partial charge is 0.168 e. The first-order valence-corrected chi connectivity index (χ1v) is 6.70. The maximum absolute atomic E-state index is 13.0. The van der Waals surface area contributed by atoms with Gasteiger partial charge >= 0.3 is 0 Å². The zero-order chi connectivity index (χ0) is 14.6. The van der Waals surface area contributed by atoms with E-state index in [0.717, 1.165) is 12.8 Å². The number of rotatable bonds is 3. The highest BCUT2D eigenvalue weighted by atomic mass is 19.1. The molecular formula is C16H15FN2O. The molecule has 0 bridgehead atoms. The third kappa shape index (κ3) is 2.86. The van der Waals surface area contributed by atoms with Gasteiger partial charge in [-0.15, -0.1) is 0 Å². The number of carbonyl (C=O) groups is 1. The molecule has 0 N–H and O–H groups in total. The van der Waals surface area contributed by atoms with E-state index in [2.05, 4.69) is 12.1 Å². The van der Waals surface area contributed by atoms with E-state index in [1.807, 2.05) is 0 Å². The fourth-order valence-corrected chi connectivity index (χ4v) is 2.73. The molecule has 1 saturated carbocycles. The highest BCUT2D eigenvalue weighted by molar-refractivity contribution is 5.79. The molecule has 0 atom stereocenters. The predicted molar refractivity (Wildman–Crippen MR) is 70.9 cm³/mol. The van der Waals surface area contributed by atoms with E-state index in [0.29, 0.717) is 24.8 Å². The Balaban J connectivity index is 2.22. The van der Waals surface area contributed by atoms with Crippen LogP contribution in [0.1, 0.15) is 37.7 Å². The molecule has 4 heteroatoms. The van der Waals surface area contributed by atoms with Crippen LogP contribution in [0.2, 0.25) is 0 Å². The Kier molecular flexibility index (Phi) is 4.15. The van der Waals surface area contributed by atoms with Crippen molar-refractivity contribution < 1.29 is 9.18 Å². The van der Waals surface area contributed by atoms with Crippen LogP contribution in [0, 0.1) is 34.4 Å². The summed E-state index contributed by atoms with van der Waals surface area (Å²) >= 11 is 0. The van der Waals surface area contributed by atoms with Crippen molar-refractivity contribution in [1.29, 1.82) is 10.5 Å². The number of hydrogen-bond acceptors (Lipinski definition) is 3. The van der Waals surface area contributed by atoms with E-state index in [4.69, 9.17) is 0 Å². The van der Waals surface area contributed by atoms with Gasteiger partial charge in [0, 0.05) is 12.8 Å². The minimum atomic E-state index is -1.25. The Morgan fingerprint density at radius 2 is 1.70 bits per heavy atom. The van der Waals surface area contributed by atoms with Gasteiger partial charge in [0.1, 0.15) is 11.6 Å². The van der Waals surface area contributed by atoms with Crippen LogP contribution in [-0.2, 0) is 10.2 Å². The zero-order valence-corrected chi connectivity index (χ0v) is 11.1. The molecule has 102 valence electrons. The Hall–Kier alpha value is -2.20. The average Bonchev–Trinajstić information content (AvgIpc) is 2.48. The normalized spacial score (nSPS) is 16.4. The lowest BCUT2D eigenvalue weighted by Crippen LogP contribution is -2.28. The summed E-state index contributed by atoms with van der Waals surface area (Å²) in [6.45, 7) is 0. The van der Waals surface area contributed by atoms with Crippen molar-refractivity contribution in [2.75, 3.05) is 0 Å². The molecule has 0 saturated heterocycles. The van der Waals surface area contributed by atoms with Crippen molar-refractivity contribution in [1.82, 2.24) is 0 Å². The second kappa shape index (κ2) is 5.84. The van der Waals surface area contributed by atoms with Crippen LogP contribution in [0.15, 0.2) is 24.3 Å². The van der Waals surface area contributed by atoms with E-state index >= 15 is 0 Å². The topological polar surface area (TPSA) is 64.7 Å². The number of ketones is 1. The third-order valence-electron chi connectivity index (χ3n) is 3.98. The van der Waals surface area contributed by atoms with Gasteiger partial charge in [0.05, 0.1) is 12.1 Å². The molecule has 0 spiro atoms. The predicted octanol–water partition coefficient (Wildman–Crippen LogP) is 3.26. The first kappa shape index (κ1) is 14.2. The fraction of sp³-hybridized carbons (Fsp3) is 0.438. The highest BCUT2D eigenvalue weighted by Crippen LogP contribution is 2.36. The molecule has 1 fully saturated rings. The van der Waals surface area contributed by atoms with Crippen molar-refractivity contribution >= 4 is 5.78 Å². The average molecular weight is 270 g/mol. The van der Waals surface area contributed by atoms with Crippen LogP contribution in [0.5, 0.6) is 0 Å². The van der Waals surface area contributed by atoms with Gasteiger partial charge in [-0.3, -0.25) is 4.79 Å². The molecule has 0 heterocycles. The largest absolute Gasteiger partial charge is 0.300 e. The minimum Gasteiger partial charge on any atom is -0.300 e. The summed E-state index contributed by atoms with van der Waals surface area (Å²) in [7, 11) is 0. The summed E-state index contributed by atoms with van der Waals surface area (Å²) in [6.07, 6.45) is 2.91. The van der Waals surface area contributed by atoms with Crippen molar-refractivity contribution in [3.05, 3.63) is 35.6 Å². The van der Waals surface area contributed by atoms with Gasteiger partial charge in [0.15, 0.2) is 5.41 Å². The molecule has 0 amide bonds. The Bertz CT molecular complexity index is 556. The Labute approximate surface area is 117 Å². The van der Waals surface area contributed by atoms with Crippen molar-refractivity contribution in [2.45, 2.75) is 37.5 Å². The number of Topliss-reactive ketones (excluding diaryl/α,β-unsaturated/α-hetero) is 1. The molecule has 2 rings (SSSR count). The van der Waals surface area contributed by atoms with Gasteiger partial charge in [-0.05, 0) is 42.9 Å². The van der Waals surface area contributed by atoms with E-state index in [9.17, 15) is 19.7 Å². The standard InChI is InChI=1S/C16H15FN2O/c17-14-5-3-13(4-6-14)16(10-18,11-19)9-12-1-7-15(20)8-2-12/h3-6,12H,1-2,7-9H2. The lowest BCUT2D eigenvalue weighted by Gasteiger charge is -2.27. The molecule has 3 nitrogen and oxygen atoms in total. The number of nitriles is 2. The van der Waals surface area contributed by atoms with E-state index in [-0.39, 0.29) is 17.5 Å². The van der Waals surface area contributed by atoms with Crippen molar-refractivity contribution in [2.24, 2.45) is 5.92 Å². The van der Waals surface area contributed by atoms with Gasteiger partial charge in [-0.25, -0.2) is 4.39 Å². The van der Waals surface area contributed by atoms with Gasteiger partial charge < -0.3 is 0 Å². The minimum absolute atomic E-state index is 0.192. The number of halogens is 1. The Morgan fingerprint density at radius 1 is 1.15 bits per heavy atom. The SMILES string of the molecule is N#CC(C#N)(CC1CCC(=O)CC1)c1ccc(F)cc1. The van der Waals surface area contributed by atoms with Crippen molar-refractivity contribution in [3.8, 4) is 12.1 Å². The quantitative estimate of drug-likeness (QED) is 0.846. The fourth-order valence-electron chi connectivity index (χ4n) is 2.73. The van der Waals surface area contributed by atoms with Gasteiger partial charge in [-0.1, -0.05) is 12.1 Å². The maximum atomic E-state index is 13.0. The number of benzene rings is 1. The van der Waals surface area contributed by atoms with E-state index in [1.54, 1.807) is 0 Å². The zero-order valence-electron chi connectivity index (χ0n) is 11.1. The summed E-state index contributed by atoms with van der Waals surface area (Å²) in [6, 6.07) is 9.71. The van der Waals surface area contributed by atoms with E-state index in [1.165, 1.54) is 24.3 Å². The first-order valence-electron chi connectivity index (χ1n) is 6.70. The van der Waals surface area contributed by atoms with Crippen LogP contribution >= 0.6 is 0 Å². The van der Waals surface area contributed by atoms with E-state index < -0.39 is 5.41 Å². The molecule has 20 heavy (non-hydrogen) atoms. The summed E-state index contributed by atoms with van der Waals surface area (Å²) in [5.41, 5.74) is -0.723. The lowest BCUT2D eigenvalue weighted by molar-refractivity contribution is -0.121. The molecule has 0 radical (unpaired) electrons.